The number of fused-ring (bicyclic) bond motifs is 3. The largest absolute Gasteiger partial charge is 0.507 e. The molecular formula is C40H53NO15. The highest BCUT2D eigenvalue weighted by molar-refractivity contribution is 6.32. The van der Waals surface area contributed by atoms with Crippen molar-refractivity contribution in [2.24, 2.45) is 0 Å². The Hall–Kier alpha value is -3.42. The Balaban J connectivity index is 1.12. The van der Waals surface area contributed by atoms with E-state index in [1.165, 1.54) is 0 Å². The van der Waals surface area contributed by atoms with Crippen molar-refractivity contribution in [3.63, 3.8) is 0 Å². The van der Waals surface area contributed by atoms with E-state index in [-0.39, 0.29) is 54.7 Å². The van der Waals surface area contributed by atoms with E-state index >= 15 is 0 Å². The van der Waals surface area contributed by atoms with Crippen LogP contribution in [0.4, 0.5) is 0 Å². The van der Waals surface area contributed by atoms with Crippen molar-refractivity contribution in [1.29, 1.82) is 0 Å². The van der Waals surface area contributed by atoms with Crippen LogP contribution in [0.3, 0.4) is 0 Å². The average molecular weight is 788 g/mol. The van der Waals surface area contributed by atoms with E-state index in [0.29, 0.717) is 25.7 Å². The summed E-state index contributed by atoms with van der Waals surface area (Å²) in [4.78, 5) is 29.5. The van der Waals surface area contributed by atoms with Crippen LogP contribution in [0, 0.1) is 0 Å². The summed E-state index contributed by atoms with van der Waals surface area (Å²) in [5.74, 6) is -4.98. The first-order valence-corrected chi connectivity index (χ1v) is 19.4. The lowest BCUT2D eigenvalue weighted by molar-refractivity contribution is -0.320. The van der Waals surface area contributed by atoms with E-state index in [0.717, 1.165) is 12.1 Å². The zero-order valence-corrected chi connectivity index (χ0v) is 32.4. The third kappa shape index (κ3) is 6.97. The number of aromatic hydroxyl groups is 4. The predicted molar refractivity (Wildman–Crippen MR) is 194 cm³/mol. The molecule has 56 heavy (non-hydrogen) atoms. The fourth-order valence-corrected chi connectivity index (χ4v) is 9.01. The van der Waals surface area contributed by atoms with Crippen LogP contribution in [0.1, 0.15) is 128 Å². The van der Waals surface area contributed by atoms with E-state index < -0.39 is 112 Å². The van der Waals surface area contributed by atoms with Gasteiger partial charge in [-0.05, 0) is 66.3 Å². The van der Waals surface area contributed by atoms with Gasteiger partial charge in [-0.1, -0.05) is 6.92 Å². The summed E-state index contributed by atoms with van der Waals surface area (Å²) in [6.07, 6.45) is -5.26. The molecule has 3 fully saturated rings. The van der Waals surface area contributed by atoms with Gasteiger partial charge in [0, 0.05) is 42.9 Å². The molecule has 13 unspecified atom stereocenters. The lowest BCUT2D eigenvalue weighted by atomic mass is 9.70. The average Bonchev–Trinajstić information content (AvgIpc) is 3.14. The summed E-state index contributed by atoms with van der Waals surface area (Å²) in [6.45, 7) is 7.21. The minimum atomic E-state index is -1.84. The minimum absolute atomic E-state index is 0.0106. The summed E-state index contributed by atoms with van der Waals surface area (Å²) in [7, 11) is 3.76. The highest BCUT2D eigenvalue weighted by atomic mass is 16.7. The summed E-state index contributed by atoms with van der Waals surface area (Å²) in [5, 5.41) is 77.8. The third-order valence-corrected chi connectivity index (χ3v) is 12.2. The number of hydrogen-bond acceptors (Lipinski definition) is 16. The van der Waals surface area contributed by atoms with Gasteiger partial charge in [0.15, 0.2) is 18.9 Å². The second-order valence-corrected chi connectivity index (χ2v) is 16.1. The number of aliphatic hydroxyl groups excluding tert-OH is 2. The zero-order valence-electron chi connectivity index (χ0n) is 32.4. The lowest BCUT2D eigenvalue weighted by Gasteiger charge is -2.48. The van der Waals surface area contributed by atoms with Crippen molar-refractivity contribution in [3.8, 4) is 23.0 Å². The van der Waals surface area contributed by atoms with Gasteiger partial charge in [-0.3, -0.25) is 9.59 Å². The maximum atomic E-state index is 13.9. The number of rotatable bonds is 8. The number of likely N-dealkylation sites (N-methyl/N-ethyl adjacent to an activating group) is 1. The van der Waals surface area contributed by atoms with E-state index in [1.807, 2.05) is 39.8 Å². The maximum Gasteiger partial charge on any atom is 0.202 e. The standard InChI is InChI=1S/C40H53NO15/c1-7-40(50)15-23(45)30-33(37(49)32-31(36(30)48)34(46)28-21(43)8-9-22(44)29(28)35(32)47)39(40)56-27-14-19(41(5)6)38(18(4)53-27)55-26-13-11-24(17(3)52-26)54-25-12-10-20(42)16(2)51-25/h8-9,16-20,23-27,38-39,42-45,48-50H,7,10-15H2,1-6H3. The van der Waals surface area contributed by atoms with Crippen LogP contribution >= 0.6 is 0 Å². The van der Waals surface area contributed by atoms with Crippen LogP contribution < -0.4 is 0 Å². The summed E-state index contributed by atoms with van der Waals surface area (Å²) < 4.78 is 37.8. The van der Waals surface area contributed by atoms with Crippen LogP contribution in [0.5, 0.6) is 23.0 Å². The van der Waals surface area contributed by atoms with Gasteiger partial charge in [0.25, 0.3) is 0 Å². The first-order valence-electron chi connectivity index (χ1n) is 19.4. The van der Waals surface area contributed by atoms with Crippen LogP contribution in [-0.4, -0.2) is 133 Å². The van der Waals surface area contributed by atoms with E-state index in [4.69, 9.17) is 28.4 Å². The van der Waals surface area contributed by atoms with Crippen LogP contribution in [0.25, 0.3) is 0 Å². The quantitative estimate of drug-likeness (QED) is 0.163. The fraction of sp³-hybridized carbons (Fsp3) is 0.650. The SMILES string of the molecule is CCC1(O)CC(O)c2c(O)c3c(c(O)c2C1OC1CC(N(C)C)C(OC2CCC(OC4CCC(O)C(C)O4)C(C)O2)C(C)O1)C(=O)c1c(O)ccc(O)c1C3=O. The fourth-order valence-electron chi connectivity index (χ4n) is 9.01. The minimum Gasteiger partial charge on any atom is -0.507 e. The van der Waals surface area contributed by atoms with E-state index in [9.17, 15) is 45.3 Å². The number of phenolic OH excluding ortho intramolecular Hbond substituents is 4. The van der Waals surface area contributed by atoms with E-state index in [1.54, 1.807) is 6.92 Å². The number of aliphatic hydroxyl groups is 3. The van der Waals surface area contributed by atoms with Crippen LogP contribution in [0.2, 0.25) is 0 Å². The van der Waals surface area contributed by atoms with Gasteiger partial charge in [0.1, 0.15) is 35.2 Å². The molecule has 3 heterocycles. The van der Waals surface area contributed by atoms with Gasteiger partial charge in [-0.25, -0.2) is 0 Å². The molecule has 308 valence electrons. The van der Waals surface area contributed by atoms with Crippen molar-refractivity contribution in [1.82, 2.24) is 4.90 Å². The molecule has 2 aliphatic carbocycles. The lowest BCUT2D eigenvalue weighted by Crippen LogP contribution is -2.57. The van der Waals surface area contributed by atoms with Gasteiger partial charge in [-0.2, -0.15) is 0 Å². The molecular weight excluding hydrogens is 734 g/mol. The molecule has 0 amide bonds. The van der Waals surface area contributed by atoms with Gasteiger partial charge < -0.3 is 69.1 Å². The molecule has 7 N–H and O–H groups in total. The summed E-state index contributed by atoms with van der Waals surface area (Å²) in [5.41, 5.74) is -4.87. The monoisotopic (exact) mass is 787 g/mol. The molecule has 0 aromatic heterocycles. The van der Waals surface area contributed by atoms with Crippen LogP contribution in [0.15, 0.2) is 12.1 Å². The molecule has 2 aromatic rings. The molecule has 0 saturated carbocycles. The number of phenols is 4. The summed E-state index contributed by atoms with van der Waals surface area (Å²) >= 11 is 0. The Labute approximate surface area is 324 Å². The van der Waals surface area contributed by atoms with Crippen molar-refractivity contribution in [2.75, 3.05) is 14.1 Å². The first kappa shape index (κ1) is 40.8. The second-order valence-electron chi connectivity index (χ2n) is 16.1. The number of ketones is 2. The van der Waals surface area contributed by atoms with Gasteiger partial charge >= 0.3 is 0 Å². The van der Waals surface area contributed by atoms with Crippen molar-refractivity contribution in [2.45, 2.75) is 152 Å². The Morgan fingerprint density at radius 1 is 0.732 bits per heavy atom. The molecule has 0 radical (unpaired) electrons. The van der Waals surface area contributed by atoms with Crippen molar-refractivity contribution >= 4 is 11.6 Å². The maximum absolute atomic E-state index is 13.9. The van der Waals surface area contributed by atoms with Gasteiger partial charge in [0.2, 0.25) is 11.6 Å². The smallest absolute Gasteiger partial charge is 0.202 e. The van der Waals surface area contributed by atoms with Crippen LogP contribution in [-0.2, 0) is 28.4 Å². The van der Waals surface area contributed by atoms with Crippen molar-refractivity contribution < 1.29 is 73.8 Å². The molecule has 16 nitrogen and oxygen atoms in total. The third-order valence-electron chi connectivity index (χ3n) is 12.2. The normalized spacial score (nSPS) is 37.2. The van der Waals surface area contributed by atoms with Gasteiger partial charge in [0.05, 0.1) is 64.5 Å². The number of ether oxygens (including phenoxy) is 6. The first-order chi connectivity index (χ1) is 26.4. The predicted octanol–water partition coefficient (Wildman–Crippen LogP) is 3.17. The molecule has 7 rings (SSSR count). The van der Waals surface area contributed by atoms with Crippen molar-refractivity contribution in [3.05, 3.63) is 45.5 Å². The molecule has 3 aliphatic heterocycles. The molecule has 13 atom stereocenters. The molecule has 0 bridgehead atoms. The topological polar surface area (TPSA) is 234 Å². The second kappa shape index (κ2) is 15.4. The molecule has 2 aromatic carbocycles. The summed E-state index contributed by atoms with van der Waals surface area (Å²) in [6, 6.07) is 1.75. The Bertz CT molecular complexity index is 1850. The Kier molecular flexibility index (Phi) is 11.2. The molecule has 16 heteroatoms. The highest BCUT2D eigenvalue weighted by Crippen LogP contribution is 2.57. The number of nitrogens with zero attached hydrogens (tertiary/aromatic N) is 1. The zero-order chi connectivity index (χ0) is 40.5. The molecule has 0 spiro atoms. The highest BCUT2D eigenvalue weighted by Gasteiger charge is 2.53. The number of carbonyl (C=O) groups excluding carboxylic acids is 2. The Morgan fingerprint density at radius 3 is 1.86 bits per heavy atom. The molecule has 5 aliphatic rings. The number of carbonyl (C=O) groups is 2. The number of benzene rings is 2. The van der Waals surface area contributed by atoms with Gasteiger partial charge in [-0.15, -0.1) is 0 Å². The molecule has 3 saturated heterocycles. The Morgan fingerprint density at radius 2 is 1.29 bits per heavy atom. The van der Waals surface area contributed by atoms with E-state index in [2.05, 4.69) is 0 Å². The number of hydrogen-bond donors (Lipinski definition) is 7.